The minimum absolute atomic E-state index is 0.375. The van der Waals surface area contributed by atoms with E-state index in [9.17, 15) is 4.79 Å². The van der Waals surface area contributed by atoms with E-state index in [1.54, 1.807) is 12.1 Å². The van der Waals surface area contributed by atoms with E-state index in [1.807, 2.05) is 0 Å². The van der Waals surface area contributed by atoms with Gasteiger partial charge in [0.1, 0.15) is 5.69 Å². The molecule has 5 nitrogen and oxygen atoms in total. The van der Waals surface area contributed by atoms with Crippen molar-refractivity contribution in [2.24, 2.45) is 5.73 Å². The molecule has 0 bridgehead atoms. The highest BCUT2D eigenvalue weighted by molar-refractivity contribution is 5.92. The molecule has 0 aliphatic rings. The number of carbonyl (C=O) groups is 1. The predicted molar refractivity (Wildman–Crippen MR) is 44.7 cm³/mol. The van der Waals surface area contributed by atoms with Crippen molar-refractivity contribution in [1.82, 2.24) is 10.2 Å². The Bertz CT molecular complexity index is 361. The number of primary amides is 1. The van der Waals surface area contributed by atoms with Gasteiger partial charge >= 0.3 is 0 Å². The van der Waals surface area contributed by atoms with E-state index in [2.05, 4.69) is 22.0 Å². The van der Waals surface area contributed by atoms with Crippen molar-refractivity contribution >= 4 is 5.91 Å². The third-order valence-electron chi connectivity index (χ3n) is 1.16. The van der Waals surface area contributed by atoms with Crippen LogP contribution in [-0.2, 0) is 4.79 Å². The zero-order chi connectivity index (χ0) is 9.68. The molecule has 1 heterocycles. The smallest absolute Gasteiger partial charge is 0.293 e. The van der Waals surface area contributed by atoms with Gasteiger partial charge in [-0.05, 0) is 12.0 Å². The van der Waals surface area contributed by atoms with Gasteiger partial charge in [0, 0.05) is 12.0 Å². The molecule has 0 saturated carbocycles. The molecule has 0 aromatic carbocycles. The summed E-state index contributed by atoms with van der Waals surface area (Å²) in [5, 5.41) is 7.31. The molecule has 0 aliphatic carbocycles. The lowest BCUT2D eigenvalue weighted by molar-refractivity contribution is -0.112. The van der Waals surface area contributed by atoms with Crippen LogP contribution in [0.1, 0.15) is 5.69 Å². The Hall–Kier alpha value is -2.09. The van der Waals surface area contributed by atoms with Gasteiger partial charge in [-0.2, -0.15) is 0 Å². The topological polar surface area (TPSA) is 78.1 Å². The summed E-state index contributed by atoms with van der Waals surface area (Å²) in [5.41, 5.74) is 5.19. The number of hydrogen-bond donors (Lipinski definition) is 1. The number of methoxy groups -OCH3 is 1. The zero-order valence-corrected chi connectivity index (χ0v) is 6.94. The first-order chi connectivity index (χ1) is 6.22. The van der Waals surface area contributed by atoms with Crippen LogP contribution in [-0.4, -0.2) is 23.2 Å². The van der Waals surface area contributed by atoms with Crippen LogP contribution in [0.3, 0.4) is 0 Å². The van der Waals surface area contributed by atoms with Crippen molar-refractivity contribution < 1.29 is 9.53 Å². The number of hydrogen-bond acceptors (Lipinski definition) is 4. The summed E-state index contributed by atoms with van der Waals surface area (Å²) in [4.78, 5) is 10.3. The molecule has 0 aliphatic heterocycles. The zero-order valence-electron chi connectivity index (χ0n) is 6.94. The first kappa shape index (κ1) is 9.00. The van der Waals surface area contributed by atoms with Gasteiger partial charge in [0.2, 0.25) is 5.88 Å². The molecular formula is C8H7N3O2. The Morgan fingerprint density at radius 3 is 2.77 bits per heavy atom. The third-order valence-corrected chi connectivity index (χ3v) is 1.16. The molecule has 0 spiro atoms. The summed E-state index contributed by atoms with van der Waals surface area (Å²) in [6, 6.07) is 3.18. The van der Waals surface area contributed by atoms with Gasteiger partial charge in [-0.25, -0.2) is 0 Å². The quantitative estimate of drug-likeness (QED) is 0.576. The summed E-state index contributed by atoms with van der Waals surface area (Å²) >= 11 is 0. The number of amides is 1. The number of ether oxygens (including phenoxy) is 1. The SMILES string of the molecule is COc1ccc(C#CC(N)=O)nn1. The number of carbonyl (C=O) groups excluding carboxylic acids is 1. The molecule has 0 unspecified atom stereocenters. The molecule has 13 heavy (non-hydrogen) atoms. The third kappa shape index (κ3) is 2.79. The standard InChI is InChI=1S/C8H7N3O2/c1-13-8-5-3-6(10-11-8)2-4-7(9)12/h3,5H,1H3,(H2,9,12). The van der Waals surface area contributed by atoms with Crippen molar-refractivity contribution in [2.75, 3.05) is 7.11 Å². The molecule has 0 saturated heterocycles. The Kier molecular flexibility index (Phi) is 2.82. The lowest BCUT2D eigenvalue weighted by atomic mass is 10.4. The summed E-state index contributed by atoms with van der Waals surface area (Å²) in [6.07, 6.45) is 0. The van der Waals surface area contributed by atoms with Crippen LogP contribution >= 0.6 is 0 Å². The number of nitrogens with zero attached hydrogens (tertiary/aromatic N) is 2. The molecule has 2 N–H and O–H groups in total. The second kappa shape index (κ2) is 4.07. The van der Waals surface area contributed by atoms with Gasteiger partial charge in [0.05, 0.1) is 7.11 Å². The van der Waals surface area contributed by atoms with Crippen LogP contribution in [0.4, 0.5) is 0 Å². The van der Waals surface area contributed by atoms with Crippen molar-refractivity contribution in [2.45, 2.75) is 0 Å². The fourth-order valence-corrected chi connectivity index (χ4v) is 0.621. The van der Waals surface area contributed by atoms with E-state index in [0.717, 1.165) is 0 Å². The van der Waals surface area contributed by atoms with Crippen LogP contribution < -0.4 is 10.5 Å². The molecule has 5 heteroatoms. The summed E-state index contributed by atoms with van der Waals surface area (Å²) in [6.45, 7) is 0. The first-order valence-corrected chi connectivity index (χ1v) is 3.41. The van der Waals surface area contributed by atoms with Gasteiger partial charge in [-0.15, -0.1) is 10.2 Å². The van der Waals surface area contributed by atoms with E-state index < -0.39 is 5.91 Å². The van der Waals surface area contributed by atoms with Crippen LogP contribution in [0.2, 0.25) is 0 Å². The highest BCUT2D eigenvalue weighted by atomic mass is 16.5. The Labute approximate surface area is 74.9 Å². The van der Waals surface area contributed by atoms with Gasteiger partial charge < -0.3 is 10.5 Å². The highest BCUT2D eigenvalue weighted by Gasteiger charge is 1.93. The second-order valence-corrected chi connectivity index (χ2v) is 2.08. The highest BCUT2D eigenvalue weighted by Crippen LogP contribution is 2.01. The largest absolute Gasteiger partial charge is 0.480 e. The van der Waals surface area contributed by atoms with E-state index in [1.165, 1.54) is 7.11 Å². The average Bonchev–Trinajstić information content (AvgIpc) is 2.15. The molecule has 1 aromatic heterocycles. The number of rotatable bonds is 1. The number of nitrogens with two attached hydrogens (primary N) is 1. The number of aromatic nitrogens is 2. The maximum absolute atomic E-state index is 10.3. The summed E-state index contributed by atoms with van der Waals surface area (Å²) in [7, 11) is 1.48. The van der Waals surface area contributed by atoms with Crippen molar-refractivity contribution in [1.29, 1.82) is 0 Å². The molecular weight excluding hydrogens is 170 g/mol. The van der Waals surface area contributed by atoms with Gasteiger partial charge in [-0.1, -0.05) is 0 Å². The maximum Gasteiger partial charge on any atom is 0.293 e. The summed E-state index contributed by atoms with van der Waals surface area (Å²) < 4.78 is 4.78. The summed E-state index contributed by atoms with van der Waals surface area (Å²) in [5.74, 6) is 4.28. The molecule has 0 atom stereocenters. The van der Waals surface area contributed by atoms with Crippen LogP contribution in [0, 0.1) is 11.8 Å². The maximum atomic E-state index is 10.3. The van der Waals surface area contributed by atoms with Gasteiger partial charge in [0.25, 0.3) is 5.91 Å². The van der Waals surface area contributed by atoms with Gasteiger partial charge in [-0.3, -0.25) is 4.79 Å². The van der Waals surface area contributed by atoms with Crippen LogP contribution in [0.5, 0.6) is 5.88 Å². The predicted octanol–water partition coefficient (Wildman–Crippen LogP) is -0.678. The minimum atomic E-state index is -0.697. The Morgan fingerprint density at radius 2 is 2.31 bits per heavy atom. The van der Waals surface area contributed by atoms with Crippen molar-refractivity contribution in [3.8, 4) is 17.7 Å². The molecule has 1 amide bonds. The fraction of sp³-hybridized carbons (Fsp3) is 0.125. The monoisotopic (exact) mass is 177 g/mol. The lowest BCUT2D eigenvalue weighted by Crippen LogP contribution is -2.06. The molecule has 1 rings (SSSR count). The Morgan fingerprint density at radius 1 is 1.54 bits per heavy atom. The van der Waals surface area contributed by atoms with Crippen LogP contribution in [0.15, 0.2) is 12.1 Å². The van der Waals surface area contributed by atoms with E-state index in [-0.39, 0.29) is 0 Å². The van der Waals surface area contributed by atoms with Crippen molar-refractivity contribution in [3.63, 3.8) is 0 Å². The van der Waals surface area contributed by atoms with E-state index in [4.69, 9.17) is 10.5 Å². The van der Waals surface area contributed by atoms with Crippen LogP contribution in [0.25, 0.3) is 0 Å². The minimum Gasteiger partial charge on any atom is -0.480 e. The molecule has 1 aromatic rings. The molecule has 0 fully saturated rings. The lowest BCUT2D eigenvalue weighted by Gasteiger charge is -1.94. The Balaban J connectivity index is 2.83. The molecule has 66 valence electrons. The van der Waals surface area contributed by atoms with E-state index in [0.29, 0.717) is 11.6 Å². The normalized spacial score (nSPS) is 8.38. The first-order valence-electron chi connectivity index (χ1n) is 3.41. The average molecular weight is 177 g/mol. The van der Waals surface area contributed by atoms with Gasteiger partial charge in [0.15, 0.2) is 0 Å². The van der Waals surface area contributed by atoms with Crippen molar-refractivity contribution in [3.05, 3.63) is 17.8 Å². The molecule has 0 radical (unpaired) electrons. The van der Waals surface area contributed by atoms with E-state index >= 15 is 0 Å². The fourth-order valence-electron chi connectivity index (χ4n) is 0.621. The second-order valence-electron chi connectivity index (χ2n) is 2.08.